The smallest absolute Gasteiger partial charge is 1.00 e. The number of hydrogen-bond donors (Lipinski definition) is 0. The predicted octanol–water partition coefficient (Wildman–Crippen LogP) is -3.02. The van der Waals surface area contributed by atoms with Crippen molar-refractivity contribution in [2.45, 2.75) is 0 Å². The van der Waals surface area contributed by atoms with E-state index < -0.39 is 0 Å². The zero-order valence-corrected chi connectivity index (χ0v) is 22.4. The van der Waals surface area contributed by atoms with Crippen molar-refractivity contribution in [2.24, 2.45) is 9.98 Å². The monoisotopic (exact) mass is 564 g/mol. The molecule has 0 spiro atoms. The Labute approximate surface area is 233 Å². The van der Waals surface area contributed by atoms with Crippen LogP contribution in [-0.2, 0) is 26.2 Å². The molecular weight excluding hydrogens is 550 g/mol. The largest absolute Gasteiger partial charge is 4.00 e. The van der Waals surface area contributed by atoms with E-state index in [4.69, 9.17) is 0 Å². The first kappa shape index (κ1) is 25.3. The van der Waals surface area contributed by atoms with E-state index in [0.29, 0.717) is 0 Å². The Kier molecular flexibility index (Phi) is 7.24. The second-order valence-electron chi connectivity index (χ2n) is 8.16. The second kappa shape index (κ2) is 10.0. The van der Waals surface area contributed by atoms with E-state index in [2.05, 4.69) is 107 Å². The molecule has 4 aromatic carbocycles. The summed E-state index contributed by atoms with van der Waals surface area (Å²) in [4.78, 5) is 8.63. The van der Waals surface area contributed by atoms with E-state index in [0.717, 1.165) is 11.4 Å². The molecule has 0 radical (unpaired) electrons. The van der Waals surface area contributed by atoms with Gasteiger partial charge in [-0.15, -0.1) is 12.1 Å². The summed E-state index contributed by atoms with van der Waals surface area (Å²) in [6.07, 6.45) is 14.2. The van der Waals surface area contributed by atoms with Gasteiger partial charge in [-0.25, -0.2) is 0 Å². The third kappa shape index (κ3) is 4.02. The molecule has 0 unspecified atom stereocenters. The molecule has 2 nitrogen and oxygen atoms in total. The molecule has 0 saturated heterocycles. The van der Waals surface area contributed by atoms with Crippen molar-refractivity contribution < 1.29 is 51.0 Å². The van der Waals surface area contributed by atoms with Gasteiger partial charge in [0.2, 0.25) is 0 Å². The van der Waals surface area contributed by atoms with Crippen LogP contribution in [0.2, 0.25) is 0 Å². The van der Waals surface area contributed by atoms with Crippen LogP contribution in [0.25, 0.3) is 24.3 Å². The predicted molar refractivity (Wildman–Crippen MR) is 130 cm³/mol. The van der Waals surface area contributed by atoms with Gasteiger partial charge < -0.3 is 34.8 Å². The van der Waals surface area contributed by atoms with Crippen LogP contribution in [0.3, 0.4) is 0 Å². The van der Waals surface area contributed by atoms with Gasteiger partial charge in [-0.05, 0) is 31.3 Å². The molecule has 4 aromatic rings. The molecule has 0 amide bonds. The van der Waals surface area contributed by atoms with E-state index in [9.17, 15) is 0 Å². The summed E-state index contributed by atoms with van der Waals surface area (Å²) < 4.78 is 0. The Hall–Kier alpha value is -2.84. The molecule has 0 aromatic heterocycles. The van der Waals surface area contributed by atoms with Gasteiger partial charge in [0.15, 0.2) is 0 Å². The van der Waals surface area contributed by atoms with Crippen molar-refractivity contribution >= 4 is 48.1 Å². The third-order valence-electron chi connectivity index (χ3n) is 6.39. The fourth-order valence-corrected chi connectivity index (χ4v) is 4.87. The molecule has 0 saturated carbocycles. The van der Waals surface area contributed by atoms with Crippen LogP contribution in [0.15, 0.2) is 82.8 Å². The summed E-state index contributed by atoms with van der Waals surface area (Å²) in [6, 6.07) is 25.5. The van der Waals surface area contributed by atoms with Gasteiger partial charge in [0.05, 0.1) is 0 Å². The SMILES string of the molecule is [C-]1=Nc2c3c(ccc2=C1)=c1ccccc1=C3.[C-]1=Nc2c3c(ccc2=C1)=c1ccccc1=C3.[Cl-].[Cl-].[Zr+4]. The molecule has 164 valence electrons. The first-order chi connectivity index (χ1) is 15.9. The van der Waals surface area contributed by atoms with E-state index in [1.807, 2.05) is 12.2 Å². The van der Waals surface area contributed by atoms with Gasteiger partial charge in [0.1, 0.15) is 0 Å². The Balaban J connectivity index is 0.000000152. The van der Waals surface area contributed by atoms with E-state index in [1.54, 1.807) is 0 Å². The minimum absolute atomic E-state index is 0. The van der Waals surface area contributed by atoms with Crippen molar-refractivity contribution in [1.29, 1.82) is 0 Å². The molecule has 0 atom stereocenters. The van der Waals surface area contributed by atoms with Crippen molar-refractivity contribution in [2.75, 3.05) is 0 Å². The number of benzene rings is 4. The molecule has 5 heteroatoms. The third-order valence-corrected chi connectivity index (χ3v) is 6.39. The molecule has 35 heavy (non-hydrogen) atoms. The Morgan fingerprint density at radius 3 is 1.34 bits per heavy atom. The Morgan fingerprint density at radius 1 is 0.457 bits per heavy atom. The maximum atomic E-state index is 4.32. The van der Waals surface area contributed by atoms with Gasteiger partial charge in [0, 0.05) is 0 Å². The average Bonchev–Trinajstić information content (AvgIpc) is 3.62. The fourth-order valence-electron chi connectivity index (χ4n) is 4.87. The van der Waals surface area contributed by atoms with Gasteiger partial charge in [-0.3, -0.25) is 0 Å². The molecule has 2 aliphatic heterocycles. The summed E-state index contributed by atoms with van der Waals surface area (Å²) >= 11 is 0. The van der Waals surface area contributed by atoms with Gasteiger partial charge in [0.25, 0.3) is 0 Å². The number of rotatable bonds is 0. The van der Waals surface area contributed by atoms with Crippen molar-refractivity contribution in [1.82, 2.24) is 0 Å². The summed E-state index contributed by atoms with van der Waals surface area (Å²) in [5, 5.41) is 10.1. The molecule has 2 heterocycles. The normalized spacial score (nSPS) is 12.6. The van der Waals surface area contributed by atoms with Crippen LogP contribution < -0.4 is 45.7 Å². The van der Waals surface area contributed by atoms with Crippen molar-refractivity contribution in [3.63, 3.8) is 0 Å². The maximum absolute atomic E-state index is 4.32. The van der Waals surface area contributed by atoms with Crippen LogP contribution in [0.4, 0.5) is 11.4 Å². The van der Waals surface area contributed by atoms with Crippen LogP contribution >= 0.6 is 0 Å². The van der Waals surface area contributed by atoms with Crippen molar-refractivity contribution in [3.8, 4) is 0 Å². The van der Waals surface area contributed by atoms with Gasteiger partial charge in [-0.2, -0.15) is 22.6 Å². The average molecular weight is 567 g/mol. The first-order valence-corrected chi connectivity index (χ1v) is 10.7. The molecule has 0 bridgehead atoms. The first-order valence-electron chi connectivity index (χ1n) is 10.7. The summed E-state index contributed by atoms with van der Waals surface area (Å²) in [5.41, 5.74) is 4.60. The maximum Gasteiger partial charge on any atom is 4.00 e. The zero-order valence-electron chi connectivity index (χ0n) is 18.4. The van der Waals surface area contributed by atoms with Crippen LogP contribution in [-0.4, -0.2) is 12.4 Å². The standard InChI is InChI=1S/2C15H8N.2ClH.Zr/c2*1-2-4-12-11(3-1)9-14-13(12)6-5-10-7-8-16-15(10)14;;;/h2*1-7,9H;2*1H;/q2*-1;;;+4/p-2. The Bertz CT molecular complexity index is 1850. The molecule has 8 rings (SSSR count). The number of fused-ring (bicyclic) bond motifs is 8. The molecular formula is C30H16Cl2N2Zr. The summed E-state index contributed by atoms with van der Waals surface area (Å²) in [7, 11) is 0. The quantitative estimate of drug-likeness (QED) is 0.175. The number of nitrogens with zero attached hydrogens (tertiary/aromatic N) is 2. The topological polar surface area (TPSA) is 24.7 Å². The Morgan fingerprint density at radius 2 is 0.886 bits per heavy atom. The van der Waals surface area contributed by atoms with Crippen LogP contribution in [0, 0.1) is 20.9 Å². The molecule has 2 aliphatic carbocycles. The molecule has 0 fully saturated rings. The summed E-state index contributed by atoms with van der Waals surface area (Å²) in [6.45, 7) is 0. The van der Waals surface area contributed by atoms with Crippen LogP contribution in [0.5, 0.6) is 0 Å². The van der Waals surface area contributed by atoms with Gasteiger partial charge in [-0.1, -0.05) is 108 Å². The summed E-state index contributed by atoms with van der Waals surface area (Å²) in [5.74, 6) is 0. The minimum atomic E-state index is 0. The minimum Gasteiger partial charge on any atom is -1.00 e. The van der Waals surface area contributed by atoms with Crippen LogP contribution in [0.1, 0.15) is 11.1 Å². The van der Waals surface area contributed by atoms with E-state index >= 15 is 0 Å². The van der Waals surface area contributed by atoms with E-state index in [-0.39, 0.29) is 51.0 Å². The molecule has 4 aliphatic rings. The fraction of sp³-hybridized carbons (Fsp3) is 0. The molecule has 0 N–H and O–H groups in total. The second-order valence-corrected chi connectivity index (χ2v) is 8.16. The number of halogens is 2. The number of hydrogen-bond acceptors (Lipinski definition) is 2. The van der Waals surface area contributed by atoms with Crippen molar-refractivity contribution in [3.05, 3.63) is 126 Å². The zero-order chi connectivity index (χ0) is 21.1. The van der Waals surface area contributed by atoms with Gasteiger partial charge >= 0.3 is 26.2 Å². The number of aliphatic imine (C=N–C) groups is 2. The van der Waals surface area contributed by atoms with E-state index in [1.165, 1.54) is 52.9 Å².